The number of rotatable bonds is 5. The van der Waals surface area contributed by atoms with Crippen LogP contribution in [0.15, 0.2) is 48.9 Å². The van der Waals surface area contributed by atoms with Gasteiger partial charge in [0, 0.05) is 29.3 Å². The molecule has 0 unspecified atom stereocenters. The molecule has 0 aliphatic rings. The van der Waals surface area contributed by atoms with Gasteiger partial charge in [0.2, 0.25) is 0 Å². The minimum absolute atomic E-state index is 0.0361. The largest absolute Gasteiger partial charge is 0.417 e. The summed E-state index contributed by atoms with van der Waals surface area (Å²) in [7, 11) is 0. The fraction of sp³-hybridized carbons (Fsp3) is 0.118. The van der Waals surface area contributed by atoms with Crippen LogP contribution in [0.5, 0.6) is 0 Å². The summed E-state index contributed by atoms with van der Waals surface area (Å²) in [6.45, 7) is -0.0361. The lowest BCUT2D eigenvalue weighted by atomic mass is 10.1. The van der Waals surface area contributed by atoms with Gasteiger partial charge in [-0.05, 0) is 24.3 Å². The zero-order valence-corrected chi connectivity index (χ0v) is 14.4. The number of carbonyl (C=O) groups excluding carboxylic acids is 1. The van der Waals surface area contributed by atoms with Crippen molar-refractivity contribution in [3.05, 3.63) is 70.9 Å². The topological polar surface area (TPSA) is 82.7 Å². The summed E-state index contributed by atoms with van der Waals surface area (Å²) in [5, 5.41) is 5.54. The first kappa shape index (κ1) is 18.7. The highest BCUT2D eigenvalue weighted by Gasteiger charge is 2.36. The molecule has 0 fully saturated rings. The van der Waals surface area contributed by atoms with E-state index >= 15 is 0 Å². The highest BCUT2D eigenvalue weighted by molar-refractivity contribution is 6.30. The number of hydrogen-bond donors (Lipinski definition) is 3. The van der Waals surface area contributed by atoms with Crippen LogP contribution in [-0.2, 0) is 12.7 Å². The Labute approximate surface area is 156 Å². The van der Waals surface area contributed by atoms with Crippen molar-refractivity contribution in [2.45, 2.75) is 12.7 Å². The summed E-state index contributed by atoms with van der Waals surface area (Å²) in [4.78, 5) is 22.7. The van der Waals surface area contributed by atoms with E-state index < -0.39 is 23.2 Å². The summed E-state index contributed by atoms with van der Waals surface area (Å²) < 4.78 is 40.3. The molecule has 3 N–H and O–H groups in total. The predicted molar refractivity (Wildman–Crippen MR) is 93.7 cm³/mol. The Balaban J connectivity index is 1.84. The molecule has 0 spiro atoms. The average Bonchev–Trinajstić information content (AvgIpc) is 3.12. The molecule has 2 heterocycles. The first-order valence-electron chi connectivity index (χ1n) is 7.69. The van der Waals surface area contributed by atoms with Gasteiger partial charge in [-0.2, -0.15) is 13.2 Å². The van der Waals surface area contributed by atoms with Crippen LogP contribution >= 0.6 is 11.6 Å². The van der Waals surface area contributed by atoms with Crippen molar-refractivity contribution in [1.29, 1.82) is 0 Å². The van der Waals surface area contributed by atoms with Gasteiger partial charge in [0.1, 0.15) is 11.6 Å². The number of alkyl halides is 3. The monoisotopic (exact) mass is 395 g/mol. The maximum absolute atomic E-state index is 13.4. The number of pyridine rings is 1. The summed E-state index contributed by atoms with van der Waals surface area (Å²) in [6.07, 6.45) is -0.834. The lowest BCUT2D eigenvalue weighted by Gasteiger charge is -2.14. The first-order valence-corrected chi connectivity index (χ1v) is 8.07. The molecule has 0 radical (unpaired) electrons. The molecule has 0 saturated heterocycles. The maximum atomic E-state index is 13.4. The molecule has 0 aliphatic heterocycles. The minimum Gasteiger partial charge on any atom is -0.347 e. The number of benzene rings is 1. The van der Waals surface area contributed by atoms with Crippen LogP contribution in [0.25, 0.3) is 0 Å². The fourth-order valence-corrected chi connectivity index (χ4v) is 2.50. The third kappa shape index (κ3) is 4.76. The van der Waals surface area contributed by atoms with Gasteiger partial charge in [0.15, 0.2) is 0 Å². The molecule has 0 bridgehead atoms. The highest BCUT2D eigenvalue weighted by atomic mass is 35.5. The summed E-state index contributed by atoms with van der Waals surface area (Å²) in [5.74, 6) is -0.545. The second kappa shape index (κ2) is 7.67. The van der Waals surface area contributed by atoms with Gasteiger partial charge in [-0.1, -0.05) is 17.7 Å². The summed E-state index contributed by atoms with van der Waals surface area (Å²) in [5.41, 5.74) is -1.21. The van der Waals surface area contributed by atoms with Crippen LogP contribution in [0.2, 0.25) is 5.02 Å². The second-order valence-electron chi connectivity index (χ2n) is 5.47. The Morgan fingerprint density at radius 1 is 1.22 bits per heavy atom. The van der Waals surface area contributed by atoms with Crippen molar-refractivity contribution in [2.75, 3.05) is 5.32 Å². The number of nitrogens with one attached hydrogen (secondary N) is 3. The normalized spacial score (nSPS) is 11.3. The van der Waals surface area contributed by atoms with E-state index in [4.69, 9.17) is 11.6 Å². The zero-order valence-electron chi connectivity index (χ0n) is 13.6. The Bertz CT molecular complexity index is 944. The number of hydrogen-bond acceptors (Lipinski definition) is 4. The third-order valence-electron chi connectivity index (χ3n) is 3.52. The van der Waals surface area contributed by atoms with E-state index in [2.05, 4.69) is 25.6 Å². The number of anilines is 2. The van der Waals surface area contributed by atoms with Crippen molar-refractivity contribution in [2.24, 2.45) is 0 Å². The van der Waals surface area contributed by atoms with E-state index in [-0.39, 0.29) is 12.4 Å². The van der Waals surface area contributed by atoms with Gasteiger partial charge in [0.25, 0.3) is 5.91 Å². The molecule has 2 aromatic heterocycles. The molecular formula is C17H13ClF3N5O. The van der Waals surface area contributed by atoms with E-state index in [1.807, 2.05) is 0 Å². The van der Waals surface area contributed by atoms with Crippen molar-refractivity contribution in [3.63, 3.8) is 0 Å². The number of H-pyrrole nitrogens is 1. The Morgan fingerprint density at radius 3 is 2.70 bits per heavy atom. The second-order valence-corrected chi connectivity index (χ2v) is 5.90. The molecule has 0 saturated carbocycles. The van der Waals surface area contributed by atoms with Crippen LogP contribution in [0.4, 0.5) is 24.7 Å². The van der Waals surface area contributed by atoms with Crippen LogP contribution in [-0.4, -0.2) is 20.9 Å². The third-order valence-corrected chi connectivity index (χ3v) is 3.76. The molecule has 10 heteroatoms. The first-order chi connectivity index (χ1) is 12.8. The van der Waals surface area contributed by atoms with Crippen molar-refractivity contribution in [3.8, 4) is 0 Å². The van der Waals surface area contributed by atoms with Crippen molar-refractivity contribution >= 4 is 29.0 Å². The van der Waals surface area contributed by atoms with E-state index in [1.165, 1.54) is 6.20 Å². The number of halogens is 4. The molecule has 140 valence electrons. The number of imidazole rings is 1. The van der Waals surface area contributed by atoms with Crippen LogP contribution in [0.3, 0.4) is 0 Å². The van der Waals surface area contributed by atoms with Gasteiger partial charge in [-0.3, -0.25) is 4.79 Å². The summed E-state index contributed by atoms with van der Waals surface area (Å²) in [6, 6.07) is 7.23. The Kier molecular flexibility index (Phi) is 5.31. The lowest BCUT2D eigenvalue weighted by molar-refractivity contribution is -0.137. The smallest absolute Gasteiger partial charge is 0.347 e. The zero-order chi connectivity index (χ0) is 19.4. The van der Waals surface area contributed by atoms with Crippen molar-refractivity contribution in [1.82, 2.24) is 20.3 Å². The highest BCUT2D eigenvalue weighted by Crippen LogP contribution is 2.33. The maximum Gasteiger partial charge on any atom is 0.417 e. The molecule has 0 aliphatic carbocycles. The van der Waals surface area contributed by atoms with Gasteiger partial charge < -0.3 is 15.6 Å². The van der Waals surface area contributed by atoms with Crippen LogP contribution in [0, 0.1) is 0 Å². The minimum atomic E-state index is -4.73. The van der Waals surface area contributed by atoms with Crippen LogP contribution < -0.4 is 10.6 Å². The number of amides is 1. The predicted octanol–water partition coefficient (Wildman–Crippen LogP) is 4.15. The Morgan fingerprint density at radius 2 is 2.04 bits per heavy atom. The Hall–Kier alpha value is -3.07. The van der Waals surface area contributed by atoms with Gasteiger partial charge in [-0.25, -0.2) is 9.97 Å². The molecule has 3 aromatic rings. The quantitative estimate of drug-likeness (QED) is 0.606. The van der Waals surface area contributed by atoms with Gasteiger partial charge in [-0.15, -0.1) is 0 Å². The van der Waals surface area contributed by atoms with Gasteiger partial charge >= 0.3 is 6.18 Å². The van der Waals surface area contributed by atoms with E-state index in [0.29, 0.717) is 16.5 Å². The molecule has 1 amide bonds. The van der Waals surface area contributed by atoms with Crippen molar-refractivity contribution < 1.29 is 18.0 Å². The molecule has 6 nitrogen and oxygen atoms in total. The fourth-order valence-electron chi connectivity index (χ4n) is 2.31. The molecular weight excluding hydrogens is 383 g/mol. The van der Waals surface area contributed by atoms with E-state index in [9.17, 15) is 18.0 Å². The standard InChI is InChI=1S/C17H13ClF3N5O/c18-10-2-1-3-11(6-10)26-14-7-13(17(19,20)21)12(8-24-14)16(27)25-9-15-22-4-5-23-15/h1-8H,9H2,(H,22,23)(H,24,26)(H,25,27). The molecule has 1 aromatic carbocycles. The number of aromatic amines is 1. The number of carbonyl (C=O) groups is 1. The molecule has 3 rings (SSSR count). The average molecular weight is 396 g/mol. The molecule has 27 heavy (non-hydrogen) atoms. The van der Waals surface area contributed by atoms with E-state index in [0.717, 1.165) is 12.3 Å². The molecule has 0 atom stereocenters. The van der Waals surface area contributed by atoms with Crippen LogP contribution in [0.1, 0.15) is 21.7 Å². The number of aromatic nitrogens is 3. The SMILES string of the molecule is O=C(NCc1ncc[nH]1)c1cnc(Nc2cccc(Cl)c2)cc1C(F)(F)F. The lowest BCUT2D eigenvalue weighted by Crippen LogP contribution is -2.26. The number of nitrogens with zero attached hydrogens (tertiary/aromatic N) is 2. The van der Waals surface area contributed by atoms with Gasteiger partial charge in [0.05, 0.1) is 17.7 Å². The summed E-state index contributed by atoms with van der Waals surface area (Å²) >= 11 is 5.86. The van der Waals surface area contributed by atoms with E-state index in [1.54, 1.807) is 30.5 Å².